The predicted molar refractivity (Wildman–Crippen MR) is 51.6 cm³/mol. The van der Waals surface area contributed by atoms with Crippen molar-refractivity contribution in [2.75, 3.05) is 6.26 Å². The van der Waals surface area contributed by atoms with Gasteiger partial charge in [0.1, 0.15) is 0 Å². The average Bonchev–Trinajstić information content (AvgIpc) is 2.14. The van der Waals surface area contributed by atoms with Crippen LogP contribution in [-0.2, 0) is 23.1 Å². The molecule has 1 aromatic heterocycles. The molecule has 0 atom stereocenters. The van der Waals surface area contributed by atoms with E-state index in [4.69, 9.17) is 5.73 Å². The van der Waals surface area contributed by atoms with Crippen molar-refractivity contribution in [3.8, 4) is 0 Å². The highest BCUT2D eigenvalue weighted by molar-refractivity contribution is 7.88. The molecule has 0 aliphatic heterocycles. The fourth-order valence-electron chi connectivity index (χ4n) is 0.913. The molecule has 0 aliphatic carbocycles. The van der Waals surface area contributed by atoms with Crippen molar-refractivity contribution in [2.24, 2.45) is 5.73 Å². The second kappa shape index (κ2) is 4.45. The van der Waals surface area contributed by atoms with Crippen molar-refractivity contribution in [3.63, 3.8) is 0 Å². The van der Waals surface area contributed by atoms with E-state index in [1.807, 2.05) is 0 Å². The van der Waals surface area contributed by atoms with Gasteiger partial charge in [-0.1, -0.05) is 0 Å². The SMILES string of the molecule is CS(=O)(=O)NCc1nccnc1CN. The molecule has 0 radical (unpaired) electrons. The Kier molecular flexibility index (Phi) is 3.50. The molecular weight excluding hydrogens is 204 g/mol. The molecule has 0 spiro atoms. The van der Waals surface area contributed by atoms with Gasteiger partial charge in [0.05, 0.1) is 24.2 Å². The van der Waals surface area contributed by atoms with Crippen LogP contribution in [0.25, 0.3) is 0 Å². The summed E-state index contributed by atoms with van der Waals surface area (Å²) in [5.74, 6) is 0. The molecule has 0 saturated heterocycles. The van der Waals surface area contributed by atoms with E-state index in [-0.39, 0.29) is 13.1 Å². The molecule has 0 bridgehead atoms. The lowest BCUT2D eigenvalue weighted by atomic mass is 10.3. The summed E-state index contributed by atoms with van der Waals surface area (Å²) < 4.78 is 24.0. The van der Waals surface area contributed by atoms with Gasteiger partial charge >= 0.3 is 0 Å². The van der Waals surface area contributed by atoms with Gasteiger partial charge in [-0.2, -0.15) is 0 Å². The molecule has 1 rings (SSSR count). The van der Waals surface area contributed by atoms with Crippen molar-refractivity contribution in [2.45, 2.75) is 13.1 Å². The molecule has 0 unspecified atom stereocenters. The van der Waals surface area contributed by atoms with Gasteiger partial charge in [-0.25, -0.2) is 13.1 Å². The number of nitrogens with one attached hydrogen (secondary N) is 1. The smallest absolute Gasteiger partial charge is 0.209 e. The largest absolute Gasteiger partial charge is 0.325 e. The van der Waals surface area contributed by atoms with Crippen LogP contribution in [-0.4, -0.2) is 24.6 Å². The fourth-order valence-corrected chi connectivity index (χ4v) is 1.31. The van der Waals surface area contributed by atoms with E-state index in [0.29, 0.717) is 11.4 Å². The van der Waals surface area contributed by atoms with Crippen molar-refractivity contribution in [3.05, 3.63) is 23.8 Å². The minimum atomic E-state index is -3.21. The maximum Gasteiger partial charge on any atom is 0.209 e. The van der Waals surface area contributed by atoms with E-state index in [1.54, 1.807) is 0 Å². The second-order valence-electron chi connectivity index (χ2n) is 2.75. The lowest BCUT2D eigenvalue weighted by molar-refractivity contribution is 0.586. The first kappa shape index (κ1) is 11.0. The highest BCUT2D eigenvalue weighted by atomic mass is 32.2. The van der Waals surface area contributed by atoms with E-state index in [1.165, 1.54) is 12.4 Å². The maximum absolute atomic E-state index is 10.8. The monoisotopic (exact) mass is 216 g/mol. The third kappa shape index (κ3) is 3.36. The number of nitrogens with two attached hydrogens (primary N) is 1. The molecular formula is C7H12N4O2S. The molecule has 78 valence electrons. The molecule has 7 heteroatoms. The molecule has 1 aromatic rings. The van der Waals surface area contributed by atoms with Gasteiger partial charge in [-0.05, 0) is 0 Å². The van der Waals surface area contributed by atoms with E-state index in [2.05, 4.69) is 14.7 Å². The fraction of sp³-hybridized carbons (Fsp3) is 0.429. The van der Waals surface area contributed by atoms with Crippen LogP contribution in [0, 0.1) is 0 Å². The summed E-state index contributed by atoms with van der Waals surface area (Å²) in [6.07, 6.45) is 4.11. The average molecular weight is 216 g/mol. The molecule has 6 nitrogen and oxygen atoms in total. The summed E-state index contributed by atoms with van der Waals surface area (Å²) in [4.78, 5) is 7.96. The summed E-state index contributed by atoms with van der Waals surface area (Å²) in [6.45, 7) is 0.369. The highest BCUT2D eigenvalue weighted by Crippen LogP contribution is 1.99. The van der Waals surface area contributed by atoms with Crippen molar-refractivity contribution in [1.82, 2.24) is 14.7 Å². The molecule has 0 aromatic carbocycles. The zero-order chi connectivity index (χ0) is 10.6. The number of nitrogens with zero attached hydrogens (tertiary/aromatic N) is 2. The van der Waals surface area contributed by atoms with Crippen LogP contribution < -0.4 is 10.5 Å². The van der Waals surface area contributed by atoms with Gasteiger partial charge in [0.15, 0.2) is 0 Å². The Morgan fingerprint density at radius 1 is 1.36 bits per heavy atom. The Hall–Kier alpha value is -1.05. The normalized spacial score (nSPS) is 11.6. The third-order valence-electron chi connectivity index (χ3n) is 1.56. The number of sulfonamides is 1. The zero-order valence-electron chi connectivity index (χ0n) is 7.77. The number of rotatable bonds is 4. The quantitative estimate of drug-likeness (QED) is 0.671. The minimum absolute atomic E-state index is 0.124. The Labute approximate surface area is 82.6 Å². The Morgan fingerprint density at radius 2 is 1.93 bits per heavy atom. The lowest BCUT2D eigenvalue weighted by Crippen LogP contribution is -2.23. The third-order valence-corrected chi connectivity index (χ3v) is 2.22. The van der Waals surface area contributed by atoms with Crippen LogP contribution in [0.1, 0.15) is 11.4 Å². The minimum Gasteiger partial charge on any atom is -0.325 e. The van der Waals surface area contributed by atoms with Crippen molar-refractivity contribution in [1.29, 1.82) is 0 Å². The molecule has 0 amide bonds. The Bertz CT molecular complexity index is 404. The van der Waals surface area contributed by atoms with Crippen LogP contribution in [0.15, 0.2) is 12.4 Å². The summed E-state index contributed by atoms with van der Waals surface area (Å²) in [7, 11) is -3.21. The highest BCUT2D eigenvalue weighted by Gasteiger charge is 2.06. The molecule has 0 saturated carbocycles. The van der Waals surface area contributed by atoms with Crippen LogP contribution in [0.2, 0.25) is 0 Å². The first-order valence-electron chi connectivity index (χ1n) is 3.96. The van der Waals surface area contributed by atoms with Gasteiger partial charge in [0.2, 0.25) is 10.0 Å². The van der Waals surface area contributed by atoms with Gasteiger partial charge in [0.25, 0.3) is 0 Å². The first-order valence-corrected chi connectivity index (χ1v) is 5.85. The van der Waals surface area contributed by atoms with E-state index < -0.39 is 10.0 Å². The molecule has 1 heterocycles. The summed E-state index contributed by atoms with van der Waals surface area (Å²) in [5, 5.41) is 0. The zero-order valence-corrected chi connectivity index (χ0v) is 8.58. The summed E-state index contributed by atoms with van der Waals surface area (Å²) in [6, 6.07) is 0. The van der Waals surface area contributed by atoms with Gasteiger partial charge < -0.3 is 5.73 Å². The van der Waals surface area contributed by atoms with E-state index >= 15 is 0 Å². The Balaban J connectivity index is 2.76. The number of hydrogen-bond acceptors (Lipinski definition) is 5. The van der Waals surface area contributed by atoms with Crippen LogP contribution in [0.4, 0.5) is 0 Å². The summed E-state index contributed by atoms with van der Waals surface area (Å²) >= 11 is 0. The molecule has 3 N–H and O–H groups in total. The van der Waals surface area contributed by atoms with Gasteiger partial charge in [0, 0.05) is 18.9 Å². The summed E-state index contributed by atoms with van der Waals surface area (Å²) in [5.41, 5.74) is 6.57. The number of hydrogen-bond donors (Lipinski definition) is 2. The first-order chi connectivity index (χ1) is 6.53. The van der Waals surface area contributed by atoms with Crippen LogP contribution >= 0.6 is 0 Å². The maximum atomic E-state index is 10.8. The van der Waals surface area contributed by atoms with Gasteiger partial charge in [-0.3, -0.25) is 9.97 Å². The number of aromatic nitrogens is 2. The van der Waals surface area contributed by atoms with Crippen LogP contribution in [0.5, 0.6) is 0 Å². The van der Waals surface area contributed by atoms with Crippen molar-refractivity contribution < 1.29 is 8.42 Å². The topological polar surface area (TPSA) is 98.0 Å². The standard InChI is InChI=1S/C7H12N4O2S/c1-14(12,13)11-5-7-6(4-8)9-2-3-10-7/h2-3,11H,4-5,8H2,1H3. The van der Waals surface area contributed by atoms with Crippen molar-refractivity contribution >= 4 is 10.0 Å². The molecule has 0 aliphatic rings. The van der Waals surface area contributed by atoms with Crippen LogP contribution in [0.3, 0.4) is 0 Å². The van der Waals surface area contributed by atoms with Gasteiger partial charge in [-0.15, -0.1) is 0 Å². The van der Waals surface area contributed by atoms with E-state index in [0.717, 1.165) is 6.26 Å². The lowest BCUT2D eigenvalue weighted by Gasteiger charge is -2.05. The Morgan fingerprint density at radius 3 is 2.43 bits per heavy atom. The molecule has 0 fully saturated rings. The molecule has 14 heavy (non-hydrogen) atoms. The predicted octanol–water partition coefficient (Wildman–Crippen LogP) is -1.02. The second-order valence-corrected chi connectivity index (χ2v) is 4.58. The van der Waals surface area contributed by atoms with E-state index in [9.17, 15) is 8.42 Å².